The van der Waals surface area contributed by atoms with Gasteiger partial charge in [0.05, 0.1) is 6.61 Å². The molecule has 134 valence electrons. The van der Waals surface area contributed by atoms with Gasteiger partial charge in [0.25, 0.3) is 0 Å². The number of benzene rings is 1. The second-order valence-corrected chi connectivity index (χ2v) is 11.5. The lowest BCUT2D eigenvalue weighted by atomic mass is 10.2. The molecule has 2 rings (SSSR count). The van der Waals surface area contributed by atoms with E-state index in [1.165, 1.54) is 0 Å². The van der Waals surface area contributed by atoms with Crippen LogP contribution in [-0.2, 0) is 4.74 Å². The van der Waals surface area contributed by atoms with E-state index in [0.29, 0.717) is 12.4 Å². The van der Waals surface area contributed by atoms with Crippen molar-refractivity contribution in [1.29, 1.82) is 0 Å². The quantitative estimate of drug-likeness (QED) is 0.539. The fourth-order valence-corrected chi connectivity index (χ4v) is 6.25. The number of hydrogen-bond donors (Lipinski definition) is 0. The Morgan fingerprint density at radius 1 is 1.08 bits per heavy atom. The van der Waals surface area contributed by atoms with Crippen molar-refractivity contribution in [3.05, 3.63) is 35.3 Å². The molecular weight excluding hydrogens is 326 g/mol. The number of ether oxygens (including phenoxy) is 2. The van der Waals surface area contributed by atoms with E-state index >= 15 is 0 Å². The lowest BCUT2D eigenvalue weighted by Gasteiger charge is -2.26. The zero-order valence-corrected chi connectivity index (χ0v) is 15.9. The fourth-order valence-electron chi connectivity index (χ4n) is 3.21. The topological polar surface area (TPSA) is 18.5 Å². The van der Waals surface area contributed by atoms with Crippen LogP contribution in [0.5, 0.6) is 5.75 Å². The highest BCUT2D eigenvalue weighted by molar-refractivity contribution is 6.86. The molecule has 1 aliphatic heterocycles. The molecule has 1 aromatic rings. The predicted octanol–water partition coefficient (Wildman–Crippen LogP) is 6.25. The second-order valence-electron chi connectivity index (χ2n) is 6.41. The van der Waals surface area contributed by atoms with Crippen LogP contribution in [0.4, 0.5) is 8.78 Å². The summed E-state index contributed by atoms with van der Waals surface area (Å²) in [7, 11) is -2.33. The van der Waals surface area contributed by atoms with E-state index < -0.39 is 19.4 Å². The first-order chi connectivity index (χ1) is 11.6. The Hall–Kier alpha value is -1.20. The molecule has 1 heterocycles. The van der Waals surface area contributed by atoms with Gasteiger partial charge >= 0.3 is 0 Å². The maximum atomic E-state index is 14.8. The average molecular weight is 355 g/mol. The molecule has 0 N–H and O–H groups in total. The van der Waals surface area contributed by atoms with Gasteiger partial charge in [0.15, 0.2) is 12.1 Å². The SMILES string of the molecule is CC[Si](CC)(CC)/C(F)=C(\F)c1ccc(OC2CCCCO2)cc1. The lowest BCUT2D eigenvalue weighted by Crippen LogP contribution is -2.33. The van der Waals surface area contributed by atoms with Gasteiger partial charge in [0.2, 0.25) is 0 Å². The highest BCUT2D eigenvalue weighted by Crippen LogP contribution is 2.36. The molecule has 0 spiro atoms. The van der Waals surface area contributed by atoms with Gasteiger partial charge in [0.1, 0.15) is 19.3 Å². The molecule has 2 nitrogen and oxygen atoms in total. The largest absolute Gasteiger partial charge is 0.465 e. The van der Waals surface area contributed by atoms with Gasteiger partial charge in [-0.1, -0.05) is 38.9 Å². The van der Waals surface area contributed by atoms with Crippen LogP contribution in [-0.4, -0.2) is 21.0 Å². The van der Waals surface area contributed by atoms with E-state index in [4.69, 9.17) is 9.47 Å². The predicted molar refractivity (Wildman–Crippen MR) is 97.0 cm³/mol. The third-order valence-electron chi connectivity index (χ3n) is 5.20. The van der Waals surface area contributed by atoms with Crippen molar-refractivity contribution >= 4 is 13.9 Å². The van der Waals surface area contributed by atoms with Crippen LogP contribution < -0.4 is 4.74 Å². The zero-order valence-electron chi connectivity index (χ0n) is 14.9. The van der Waals surface area contributed by atoms with Gasteiger partial charge in [-0.3, -0.25) is 0 Å². The molecule has 0 aliphatic carbocycles. The molecule has 1 atom stereocenters. The zero-order chi connectivity index (χ0) is 17.6. The highest BCUT2D eigenvalue weighted by Gasteiger charge is 2.35. The summed E-state index contributed by atoms with van der Waals surface area (Å²) >= 11 is 0. The molecule has 1 fully saturated rings. The number of rotatable bonds is 7. The first-order valence-corrected chi connectivity index (χ1v) is 11.6. The van der Waals surface area contributed by atoms with Crippen molar-refractivity contribution in [3.8, 4) is 5.75 Å². The third-order valence-corrected chi connectivity index (χ3v) is 10.4. The van der Waals surface area contributed by atoms with Gasteiger partial charge < -0.3 is 9.47 Å². The summed E-state index contributed by atoms with van der Waals surface area (Å²) in [6.07, 6.45) is 2.78. The average Bonchev–Trinajstić information content (AvgIpc) is 2.64. The minimum Gasteiger partial charge on any atom is -0.465 e. The maximum Gasteiger partial charge on any atom is 0.199 e. The Labute approximate surface area is 144 Å². The van der Waals surface area contributed by atoms with Crippen molar-refractivity contribution in [1.82, 2.24) is 0 Å². The molecule has 1 aromatic carbocycles. The lowest BCUT2D eigenvalue weighted by molar-refractivity contribution is -0.105. The molecule has 0 amide bonds. The Kier molecular flexibility index (Phi) is 6.98. The Morgan fingerprint density at radius 3 is 2.21 bits per heavy atom. The summed E-state index contributed by atoms with van der Waals surface area (Å²) in [5.41, 5.74) is -0.212. The minimum absolute atomic E-state index is 0.234. The summed E-state index contributed by atoms with van der Waals surface area (Å²) in [6, 6.07) is 8.72. The molecule has 1 unspecified atom stereocenters. The van der Waals surface area contributed by atoms with E-state index in [1.807, 2.05) is 20.8 Å². The normalized spacial score (nSPS) is 19.8. The highest BCUT2D eigenvalue weighted by atomic mass is 28.3. The van der Waals surface area contributed by atoms with E-state index in [9.17, 15) is 8.78 Å². The van der Waals surface area contributed by atoms with Crippen LogP contribution in [0.3, 0.4) is 0 Å². The fraction of sp³-hybridized carbons (Fsp3) is 0.579. The monoisotopic (exact) mass is 354 g/mol. The molecule has 24 heavy (non-hydrogen) atoms. The summed E-state index contributed by atoms with van der Waals surface area (Å²) in [6.45, 7) is 6.61. The molecule has 0 radical (unpaired) electrons. The van der Waals surface area contributed by atoms with Crippen molar-refractivity contribution in [2.45, 2.75) is 64.5 Å². The maximum absolute atomic E-state index is 14.8. The van der Waals surface area contributed by atoms with Gasteiger partial charge in [-0.05, 0) is 37.1 Å². The van der Waals surface area contributed by atoms with Gasteiger partial charge in [0, 0.05) is 12.0 Å². The van der Waals surface area contributed by atoms with Crippen LogP contribution in [0.15, 0.2) is 29.7 Å². The standard InChI is InChI=1S/C19H28F2O2Si/c1-4-24(5-2,6-3)19(21)18(20)15-10-12-16(13-11-15)23-17-9-7-8-14-22-17/h10-13,17H,4-9,14H2,1-3H3/b19-18-. The summed E-state index contributed by atoms with van der Waals surface area (Å²) < 4.78 is 40.7. The summed E-state index contributed by atoms with van der Waals surface area (Å²) in [5.74, 6) is -0.0727. The Balaban J connectivity index is 2.15. The number of hydrogen-bond acceptors (Lipinski definition) is 2. The minimum atomic E-state index is -2.33. The first-order valence-electron chi connectivity index (χ1n) is 9.00. The van der Waals surface area contributed by atoms with Crippen molar-refractivity contribution in [2.75, 3.05) is 6.61 Å². The van der Waals surface area contributed by atoms with Gasteiger partial charge in [-0.25, -0.2) is 8.78 Å². The Bertz CT molecular complexity index is 539. The van der Waals surface area contributed by atoms with Crippen LogP contribution in [0, 0.1) is 0 Å². The number of halogens is 2. The molecule has 1 saturated heterocycles. The third kappa shape index (κ3) is 4.25. The van der Waals surface area contributed by atoms with Crippen molar-refractivity contribution in [3.63, 3.8) is 0 Å². The van der Waals surface area contributed by atoms with E-state index in [2.05, 4.69) is 0 Å². The molecule has 5 heteroatoms. The van der Waals surface area contributed by atoms with Crippen LogP contribution in [0.2, 0.25) is 18.1 Å². The summed E-state index contributed by atoms with van der Waals surface area (Å²) in [5, 5.41) is 0. The molecule has 0 saturated carbocycles. The van der Waals surface area contributed by atoms with Crippen molar-refractivity contribution in [2.24, 2.45) is 0 Å². The van der Waals surface area contributed by atoms with Crippen LogP contribution in [0.25, 0.3) is 5.83 Å². The second kappa shape index (κ2) is 8.76. The van der Waals surface area contributed by atoms with Crippen molar-refractivity contribution < 1.29 is 18.3 Å². The van der Waals surface area contributed by atoms with Crippen LogP contribution >= 0.6 is 0 Å². The first kappa shape index (κ1) is 19.1. The van der Waals surface area contributed by atoms with Gasteiger partial charge in [-0.15, -0.1) is 0 Å². The Morgan fingerprint density at radius 2 is 1.71 bits per heavy atom. The van der Waals surface area contributed by atoms with E-state index in [0.717, 1.165) is 37.4 Å². The molecular formula is C19H28F2O2Si. The molecule has 0 aromatic heterocycles. The smallest absolute Gasteiger partial charge is 0.199 e. The molecule has 1 aliphatic rings. The van der Waals surface area contributed by atoms with E-state index in [-0.39, 0.29) is 11.9 Å². The molecule has 0 bridgehead atoms. The van der Waals surface area contributed by atoms with Crippen LogP contribution in [0.1, 0.15) is 45.6 Å². The van der Waals surface area contributed by atoms with Gasteiger partial charge in [-0.2, -0.15) is 0 Å². The summed E-state index contributed by atoms with van der Waals surface area (Å²) in [4.78, 5) is 0. The van der Waals surface area contributed by atoms with E-state index in [1.54, 1.807) is 24.3 Å².